The summed E-state index contributed by atoms with van der Waals surface area (Å²) in [7, 11) is 0. The topological polar surface area (TPSA) is 63.9 Å². The fourth-order valence-corrected chi connectivity index (χ4v) is 5.65. The molecule has 1 aliphatic heterocycles. The van der Waals surface area contributed by atoms with Crippen molar-refractivity contribution in [1.29, 1.82) is 0 Å². The van der Waals surface area contributed by atoms with E-state index in [1.54, 1.807) is 4.90 Å². The van der Waals surface area contributed by atoms with Gasteiger partial charge in [0.05, 0.1) is 20.6 Å². The molecule has 0 radical (unpaired) electrons. The Labute approximate surface area is 193 Å². The highest BCUT2D eigenvalue weighted by Gasteiger charge is 2.35. The number of likely N-dealkylation sites (tertiary alicyclic amines) is 1. The molecule has 1 fully saturated rings. The highest BCUT2D eigenvalue weighted by atomic mass is 35.5. The van der Waals surface area contributed by atoms with E-state index < -0.39 is 11.9 Å². The standard InChI is InChI=1S/C18H16Cl2F3N5OS2/c1-9-6-12(18(21,22)23)25-28(9)7-13(29)27-4-2-10(3-5-27)17-24-11(8-30-17)15-14(19)16(20)26-31-15/h6,8,10H,2-5,7H2,1H3. The maximum Gasteiger partial charge on any atom is 0.435 e. The molecule has 0 saturated carbocycles. The zero-order chi connectivity index (χ0) is 22.3. The molecule has 0 aliphatic carbocycles. The van der Waals surface area contributed by atoms with Gasteiger partial charge < -0.3 is 4.90 Å². The lowest BCUT2D eigenvalue weighted by atomic mass is 9.97. The Hall–Kier alpha value is -1.69. The molecule has 0 bridgehead atoms. The number of carbonyl (C=O) groups is 1. The lowest BCUT2D eigenvalue weighted by Gasteiger charge is -2.31. The van der Waals surface area contributed by atoms with Crippen LogP contribution in [0.1, 0.15) is 35.2 Å². The lowest BCUT2D eigenvalue weighted by Crippen LogP contribution is -2.40. The summed E-state index contributed by atoms with van der Waals surface area (Å²) in [4.78, 5) is 19.7. The molecule has 0 unspecified atom stereocenters. The van der Waals surface area contributed by atoms with E-state index >= 15 is 0 Å². The molecular weight excluding hydrogens is 494 g/mol. The minimum atomic E-state index is -4.53. The maximum atomic E-state index is 12.8. The van der Waals surface area contributed by atoms with Crippen molar-refractivity contribution in [3.05, 3.63) is 38.0 Å². The van der Waals surface area contributed by atoms with Crippen LogP contribution in [0.15, 0.2) is 11.4 Å². The molecule has 1 saturated heterocycles. The average molecular weight is 510 g/mol. The van der Waals surface area contributed by atoms with Gasteiger partial charge in [-0.15, -0.1) is 11.3 Å². The van der Waals surface area contributed by atoms with Gasteiger partial charge in [0.2, 0.25) is 5.91 Å². The smallest absolute Gasteiger partial charge is 0.341 e. The van der Waals surface area contributed by atoms with E-state index in [-0.39, 0.29) is 23.5 Å². The summed E-state index contributed by atoms with van der Waals surface area (Å²) in [5.41, 5.74) is 0.0497. The largest absolute Gasteiger partial charge is 0.435 e. The van der Waals surface area contributed by atoms with Crippen molar-refractivity contribution in [2.24, 2.45) is 0 Å². The van der Waals surface area contributed by atoms with Crippen molar-refractivity contribution in [3.8, 4) is 10.6 Å². The van der Waals surface area contributed by atoms with Gasteiger partial charge in [0, 0.05) is 30.1 Å². The molecule has 4 rings (SSSR count). The first-order chi connectivity index (χ1) is 14.6. The van der Waals surface area contributed by atoms with Crippen LogP contribution in [0.25, 0.3) is 10.6 Å². The lowest BCUT2D eigenvalue weighted by molar-refractivity contribution is -0.142. The van der Waals surface area contributed by atoms with Crippen LogP contribution in [-0.2, 0) is 17.5 Å². The van der Waals surface area contributed by atoms with Gasteiger partial charge in [-0.3, -0.25) is 9.48 Å². The normalized spacial score (nSPS) is 15.6. The SMILES string of the molecule is Cc1cc(C(F)(F)F)nn1CC(=O)N1CCC(c2nc(-c3snc(Cl)c3Cl)cs2)CC1. The number of piperidine rings is 1. The van der Waals surface area contributed by atoms with Crippen LogP contribution in [0.4, 0.5) is 13.2 Å². The Kier molecular flexibility index (Phi) is 6.30. The summed E-state index contributed by atoms with van der Waals surface area (Å²) in [6, 6.07) is 0.947. The number of rotatable bonds is 4. The zero-order valence-corrected chi connectivity index (χ0v) is 19.3. The first-order valence-electron chi connectivity index (χ1n) is 9.29. The summed E-state index contributed by atoms with van der Waals surface area (Å²) in [6.07, 6.45) is -3.08. The number of amides is 1. The fourth-order valence-electron chi connectivity index (χ4n) is 3.41. The van der Waals surface area contributed by atoms with E-state index in [2.05, 4.69) is 14.5 Å². The van der Waals surface area contributed by atoms with Crippen molar-refractivity contribution >= 4 is 52.0 Å². The van der Waals surface area contributed by atoms with Crippen molar-refractivity contribution in [1.82, 2.24) is 24.0 Å². The first-order valence-corrected chi connectivity index (χ1v) is 11.7. The van der Waals surface area contributed by atoms with Crippen LogP contribution in [0.5, 0.6) is 0 Å². The number of thiazole rings is 1. The third kappa shape index (κ3) is 4.74. The summed E-state index contributed by atoms with van der Waals surface area (Å²) in [5, 5.41) is 7.06. The number of carbonyl (C=O) groups excluding carboxylic acids is 1. The molecule has 6 nitrogen and oxygen atoms in total. The molecule has 3 aromatic rings. The van der Waals surface area contributed by atoms with Crippen molar-refractivity contribution in [2.45, 2.75) is 38.4 Å². The molecule has 1 amide bonds. The molecule has 0 aromatic carbocycles. The number of nitrogens with zero attached hydrogens (tertiary/aromatic N) is 5. The molecule has 166 valence electrons. The van der Waals surface area contributed by atoms with Crippen LogP contribution in [0.2, 0.25) is 10.2 Å². The molecular formula is C18H16Cl2F3N5OS2. The maximum absolute atomic E-state index is 12.8. The molecule has 1 aliphatic rings. The molecule has 31 heavy (non-hydrogen) atoms. The summed E-state index contributed by atoms with van der Waals surface area (Å²) < 4.78 is 43.6. The first kappa shape index (κ1) is 22.5. The molecule has 4 heterocycles. The Balaban J connectivity index is 1.36. The number of alkyl halides is 3. The van der Waals surface area contributed by atoms with Gasteiger partial charge in [-0.1, -0.05) is 23.2 Å². The highest BCUT2D eigenvalue weighted by molar-refractivity contribution is 7.12. The van der Waals surface area contributed by atoms with Crippen molar-refractivity contribution in [2.75, 3.05) is 13.1 Å². The van der Waals surface area contributed by atoms with Gasteiger partial charge in [-0.05, 0) is 37.4 Å². The van der Waals surface area contributed by atoms with Crippen molar-refractivity contribution < 1.29 is 18.0 Å². The minimum Gasteiger partial charge on any atom is -0.341 e. The predicted octanol–water partition coefficient (Wildman–Crippen LogP) is 5.50. The van der Waals surface area contributed by atoms with E-state index in [1.165, 1.54) is 29.8 Å². The van der Waals surface area contributed by atoms with Gasteiger partial charge in [0.15, 0.2) is 10.8 Å². The predicted molar refractivity (Wildman–Crippen MR) is 114 cm³/mol. The van der Waals surface area contributed by atoms with Crippen LogP contribution >= 0.6 is 46.1 Å². The Bertz CT molecular complexity index is 1100. The summed E-state index contributed by atoms with van der Waals surface area (Å²) >= 11 is 14.8. The minimum absolute atomic E-state index is 0.202. The van der Waals surface area contributed by atoms with Gasteiger partial charge in [0.1, 0.15) is 6.54 Å². The van der Waals surface area contributed by atoms with E-state index in [4.69, 9.17) is 23.2 Å². The number of aryl methyl sites for hydroxylation is 1. The number of hydrogen-bond acceptors (Lipinski definition) is 6. The third-order valence-electron chi connectivity index (χ3n) is 5.11. The van der Waals surface area contributed by atoms with E-state index in [1.807, 2.05) is 5.38 Å². The second-order valence-corrected chi connectivity index (χ2v) is 9.57. The van der Waals surface area contributed by atoms with Crippen LogP contribution < -0.4 is 0 Å². The van der Waals surface area contributed by atoms with Gasteiger partial charge >= 0.3 is 6.18 Å². The monoisotopic (exact) mass is 509 g/mol. The zero-order valence-electron chi connectivity index (χ0n) is 16.1. The Morgan fingerprint density at radius 2 is 2.00 bits per heavy atom. The highest BCUT2D eigenvalue weighted by Crippen LogP contribution is 2.39. The van der Waals surface area contributed by atoms with Crippen LogP contribution in [0.3, 0.4) is 0 Å². The molecule has 0 spiro atoms. The second-order valence-electron chi connectivity index (χ2n) is 7.17. The quantitative estimate of drug-likeness (QED) is 0.465. The number of hydrogen-bond donors (Lipinski definition) is 0. The fraction of sp³-hybridized carbons (Fsp3) is 0.444. The van der Waals surface area contributed by atoms with Crippen LogP contribution in [-0.4, -0.2) is 43.0 Å². The van der Waals surface area contributed by atoms with Gasteiger partial charge in [0.25, 0.3) is 0 Å². The summed E-state index contributed by atoms with van der Waals surface area (Å²) in [6.45, 7) is 2.32. The van der Waals surface area contributed by atoms with Gasteiger partial charge in [-0.25, -0.2) is 4.98 Å². The van der Waals surface area contributed by atoms with E-state index in [0.29, 0.717) is 23.8 Å². The Morgan fingerprint density at radius 1 is 1.29 bits per heavy atom. The summed E-state index contributed by atoms with van der Waals surface area (Å²) in [5.74, 6) is -0.0440. The molecule has 0 N–H and O–H groups in total. The third-order valence-corrected chi connectivity index (χ3v) is 7.93. The van der Waals surface area contributed by atoms with Crippen LogP contribution in [0, 0.1) is 6.92 Å². The van der Waals surface area contributed by atoms with E-state index in [9.17, 15) is 18.0 Å². The second kappa shape index (κ2) is 8.68. The Morgan fingerprint density at radius 3 is 2.58 bits per heavy atom. The average Bonchev–Trinajstić information content (AvgIpc) is 3.42. The number of aromatic nitrogens is 4. The number of halogens is 5. The molecule has 0 atom stereocenters. The van der Waals surface area contributed by atoms with Gasteiger partial charge in [-0.2, -0.15) is 22.6 Å². The molecule has 3 aromatic heterocycles. The van der Waals surface area contributed by atoms with E-state index in [0.717, 1.165) is 39.2 Å². The van der Waals surface area contributed by atoms with Crippen molar-refractivity contribution in [3.63, 3.8) is 0 Å². The molecule has 13 heteroatoms.